The molecular weight excluding hydrogens is 398 g/mol. The smallest absolute Gasteiger partial charge is 0.271 e. The minimum Gasteiger partial charge on any atom is -0.507 e. The van der Waals surface area contributed by atoms with Crippen molar-refractivity contribution in [3.63, 3.8) is 0 Å². The molecule has 0 aromatic heterocycles. The highest BCUT2D eigenvalue weighted by Crippen LogP contribution is 2.20. The van der Waals surface area contributed by atoms with Gasteiger partial charge in [-0.25, -0.2) is 5.43 Å². The fourth-order valence-corrected chi connectivity index (χ4v) is 2.53. The quantitative estimate of drug-likeness (QED) is 0.468. The Morgan fingerprint density at radius 1 is 1.23 bits per heavy atom. The van der Waals surface area contributed by atoms with Crippen LogP contribution in [0.3, 0.4) is 0 Å². The van der Waals surface area contributed by atoms with E-state index >= 15 is 0 Å². The zero-order valence-corrected chi connectivity index (χ0v) is 15.9. The van der Waals surface area contributed by atoms with Gasteiger partial charge in [-0.2, -0.15) is 5.10 Å². The monoisotopic (exact) mass is 417 g/mol. The standard InChI is InChI=1S/C19H20BrN3O3/c1-2-3-7-18(25)22-16-6-4-5-13(11-16)19(26)23-21-12-14-10-15(20)8-9-17(14)24/h4-6,8-12,24H,2-3,7H2,1H3,(H,22,25)(H,23,26). The van der Waals surface area contributed by atoms with Crippen LogP contribution in [0.25, 0.3) is 0 Å². The third kappa shape index (κ3) is 6.00. The Labute approximate surface area is 160 Å². The molecule has 2 aromatic carbocycles. The van der Waals surface area contributed by atoms with Gasteiger partial charge in [-0.15, -0.1) is 0 Å². The van der Waals surface area contributed by atoms with Gasteiger partial charge in [0.05, 0.1) is 6.21 Å². The SMILES string of the molecule is CCCCC(=O)Nc1cccc(C(=O)NN=Cc2cc(Br)ccc2O)c1. The van der Waals surface area contributed by atoms with Gasteiger partial charge in [0, 0.05) is 27.7 Å². The number of benzene rings is 2. The van der Waals surface area contributed by atoms with Crippen LogP contribution in [0.1, 0.15) is 42.1 Å². The molecule has 0 bridgehead atoms. The maximum Gasteiger partial charge on any atom is 0.271 e. The molecule has 0 fully saturated rings. The first-order valence-corrected chi connectivity index (χ1v) is 9.00. The van der Waals surface area contributed by atoms with Crippen LogP contribution in [0.4, 0.5) is 5.69 Å². The van der Waals surface area contributed by atoms with E-state index in [1.165, 1.54) is 12.3 Å². The zero-order chi connectivity index (χ0) is 18.9. The molecule has 0 spiro atoms. The van der Waals surface area contributed by atoms with Crippen LogP contribution < -0.4 is 10.7 Å². The van der Waals surface area contributed by atoms with Crippen molar-refractivity contribution in [1.29, 1.82) is 0 Å². The summed E-state index contributed by atoms with van der Waals surface area (Å²) < 4.78 is 0.787. The molecule has 136 valence electrons. The topological polar surface area (TPSA) is 90.8 Å². The summed E-state index contributed by atoms with van der Waals surface area (Å²) in [6, 6.07) is 11.5. The Balaban J connectivity index is 1.99. The number of nitrogens with one attached hydrogen (secondary N) is 2. The maximum atomic E-state index is 12.2. The van der Waals surface area contributed by atoms with E-state index in [2.05, 4.69) is 31.8 Å². The van der Waals surface area contributed by atoms with Crippen LogP contribution in [0.5, 0.6) is 5.75 Å². The summed E-state index contributed by atoms with van der Waals surface area (Å²) in [6.45, 7) is 2.02. The average molecular weight is 418 g/mol. The number of hydrogen-bond acceptors (Lipinski definition) is 4. The number of aromatic hydroxyl groups is 1. The summed E-state index contributed by atoms with van der Waals surface area (Å²) >= 11 is 3.30. The molecule has 0 heterocycles. The Bertz CT molecular complexity index is 821. The highest BCUT2D eigenvalue weighted by Gasteiger charge is 2.07. The largest absolute Gasteiger partial charge is 0.507 e. The number of nitrogens with zero attached hydrogens (tertiary/aromatic N) is 1. The predicted molar refractivity (Wildman–Crippen MR) is 105 cm³/mol. The van der Waals surface area contributed by atoms with Crippen molar-refractivity contribution in [1.82, 2.24) is 5.43 Å². The van der Waals surface area contributed by atoms with E-state index in [0.29, 0.717) is 23.2 Å². The molecule has 2 aromatic rings. The van der Waals surface area contributed by atoms with E-state index in [9.17, 15) is 14.7 Å². The van der Waals surface area contributed by atoms with E-state index in [1.54, 1.807) is 36.4 Å². The van der Waals surface area contributed by atoms with Crippen LogP contribution in [0, 0.1) is 0 Å². The predicted octanol–water partition coefficient (Wildman–Crippen LogP) is 4.05. The van der Waals surface area contributed by atoms with Crippen molar-refractivity contribution >= 4 is 39.6 Å². The Kier molecular flexibility index (Phi) is 7.35. The minimum absolute atomic E-state index is 0.0583. The third-order valence-electron chi connectivity index (χ3n) is 3.53. The van der Waals surface area contributed by atoms with Gasteiger partial charge in [0.25, 0.3) is 5.91 Å². The van der Waals surface area contributed by atoms with Gasteiger partial charge in [-0.1, -0.05) is 35.3 Å². The molecule has 0 atom stereocenters. The normalized spacial score (nSPS) is 10.7. The lowest BCUT2D eigenvalue weighted by atomic mass is 10.2. The molecule has 7 heteroatoms. The lowest BCUT2D eigenvalue weighted by Crippen LogP contribution is -2.18. The number of carbonyl (C=O) groups excluding carboxylic acids is 2. The van der Waals surface area contributed by atoms with Crippen molar-refractivity contribution in [2.24, 2.45) is 5.10 Å². The van der Waals surface area contributed by atoms with Gasteiger partial charge >= 0.3 is 0 Å². The molecule has 0 aliphatic carbocycles. The van der Waals surface area contributed by atoms with E-state index in [1.807, 2.05) is 6.92 Å². The van der Waals surface area contributed by atoms with Gasteiger partial charge in [-0.05, 0) is 42.8 Å². The Hall–Kier alpha value is -2.67. The second kappa shape index (κ2) is 9.72. The number of hydrazone groups is 1. The van der Waals surface area contributed by atoms with Crippen molar-refractivity contribution in [3.05, 3.63) is 58.1 Å². The lowest BCUT2D eigenvalue weighted by molar-refractivity contribution is -0.116. The Morgan fingerprint density at radius 2 is 2.04 bits per heavy atom. The van der Waals surface area contributed by atoms with Crippen LogP contribution in [0.2, 0.25) is 0 Å². The third-order valence-corrected chi connectivity index (χ3v) is 4.02. The average Bonchev–Trinajstić information content (AvgIpc) is 2.63. The number of hydrogen-bond donors (Lipinski definition) is 3. The molecule has 0 unspecified atom stereocenters. The number of anilines is 1. The highest BCUT2D eigenvalue weighted by molar-refractivity contribution is 9.10. The fraction of sp³-hybridized carbons (Fsp3) is 0.211. The van der Waals surface area contributed by atoms with E-state index in [-0.39, 0.29) is 11.7 Å². The molecule has 0 aliphatic heterocycles. The molecule has 6 nitrogen and oxygen atoms in total. The molecule has 2 amide bonds. The number of phenols is 1. The van der Waals surface area contributed by atoms with Gasteiger partial charge < -0.3 is 10.4 Å². The first-order valence-electron chi connectivity index (χ1n) is 8.21. The van der Waals surface area contributed by atoms with Gasteiger partial charge in [0.1, 0.15) is 5.75 Å². The summed E-state index contributed by atoms with van der Waals surface area (Å²) in [4.78, 5) is 24.0. The number of halogens is 1. The fourth-order valence-electron chi connectivity index (χ4n) is 2.15. The summed E-state index contributed by atoms with van der Waals surface area (Å²) in [6.07, 6.45) is 3.58. The maximum absolute atomic E-state index is 12.2. The molecule has 0 radical (unpaired) electrons. The number of unbranched alkanes of at least 4 members (excludes halogenated alkanes) is 1. The molecule has 3 N–H and O–H groups in total. The van der Waals surface area contributed by atoms with E-state index in [0.717, 1.165) is 17.3 Å². The van der Waals surface area contributed by atoms with Gasteiger partial charge in [0.2, 0.25) is 5.91 Å². The van der Waals surface area contributed by atoms with Crippen molar-refractivity contribution in [2.75, 3.05) is 5.32 Å². The number of rotatable bonds is 7. The van der Waals surface area contributed by atoms with Gasteiger partial charge in [-0.3, -0.25) is 9.59 Å². The molecule has 0 aliphatic rings. The molecule has 2 rings (SSSR count). The second-order valence-corrected chi connectivity index (χ2v) is 6.55. The first kappa shape index (κ1) is 19.7. The summed E-state index contributed by atoms with van der Waals surface area (Å²) in [5.41, 5.74) is 3.80. The van der Waals surface area contributed by atoms with Crippen LogP contribution in [0.15, 0.2) is 52.0 Å². The Morgan fingerprint density at radius 3 is 2.81 bits per heavy atom. The summed E-state index contributed by atoms with van der Waals surface area (Å²) in [7, 11) is 0. The molecular formula is C19H20BrN3O3. The van der Waals surface area contributed by atoms with E-state index in [4.69, 9.17) is 0 Å². The molecule has 0 saturated carbocycles. The second-order valence-electron chi connectivity index (χ2n) is 5.63. The van der Waals surface area contributed by atoms with Crippen LogP contribution in [-0.4, -0.2) is 23.1 Å². The highest BCUT2D eigenvalue weighted by atomic mass is 79.9. The number of phenolic OH excluding ortho intramolecular Hbond substituents is 1. The summed E-state index contributed by atoms with van der Waals surface area (Å²) in [5.74, 6) is -0.434. The zero-order valence-electron chi connectivity index (χ0n) is 14.3. The van der Waals surface area contributed by atoms with Crippen LogP contribution >= 0.6 is 15.9 Å². The molecule has 26 heavy (non-hydrogen) atoms. The molecule has 0 saturated heterocycles. The summed E-state index contributed by atoms with van der Waals surface area (Å²) in [5, 5.41) is 16.4. The van der Waals surface area contributed by atoms with E-state index < -0.39 is 5.91 Å². The minimum atomic E-state index is -0.416. The lowest BCUT2D eigenvalue weighted by Gasteiger charge is -2.06. The first-order chi connectivity index (χ1) is 12.5. The van der Waals surface area contributed by atoms with Crippen molar-refractivity contribution in [3.8, 4) is 5.75 Å². The van der Waals surface area contributed by atoms with Crippen molar-refractivity contribution in [2.45, 2.75) is 26.2 Å². The number of amides is 2. The van der Waals surface area contributed by atoms with Gasteiger partial charge in [0.15, 0.2) is 0 Å². The number of carbonyl (C=O) groups is 2. The van der Waals surface area contributed by atoms with Crippen LogP contribution in [-0.2, 0) is 4.79 Å². The van der Waals surface area contributed by atoms with Crippen molar-refractivity contribution < 1.29 is 14.7 Å².